The van der Waals surface area contributed by atoms with Crippen molar-refractivity contribution in [1.82, 2.24) is 5.32 Å². The van der Waals surface area contributed by atoms with Gasteiger partial charge >= 0.3 is 5.97 Å². The van der Waals surface area contributed by atoms with Crippen molar-refractivity contribution in [1.29, 1.82) is 0 Å². The monoisotopic (exact) mass is 299 g/mol. The van der Waals surface area contributed by atoms with Gasteiger partial charge in [0.05, 0.1) is 0 Å². The van der Waals surface area contributed by atoms with E-state index in [-0.39, 0.29) is 11.8 Å². The largest absolute Gasteiger partial charge is 0.480 e. The normalized spacial score (nSPS) is 19.0. The first-order valence-corrected chi connectivity index (χ1v) is 8.10. The van der Waals surface area contributed by atoms with Crippen LogP contribution < -0.4 is 5.32 Å². The maximum absolute atomic E-state index is 12.3. The van der Waals surface area contributed by atoms with Gasteiger partial charge in [0.25, 0.3) is 0 Å². The van der Waals surface area contributed by atoms with Gasteiger partial charge in [-0.25, -0.2) is 4.79 Å². The molecule has 0 heterocycles. The van der Waals surface area contributed by atoms with E-state index in [4.69, 9.17) is 9.84 Å². The van der Waals surface area contributed by atoms with Crippen LogP contribution in [0.3, 0.4) is 0 Å². The van der Waals surface area contributed by atoms with Gasteiger partial charge in [0, 0.05) is 26.1 Å². The van der Waals surface area contributed by atoms with Crippen molar-refractivity contribution in [3.63, 3.8) is 0 Å². The third-order valence-corrected chi connectivity index (χ3v) is 4.43. The van der Waals surface area contributed by atoms with Crippen molar-refractivity contribution >= 4 is 11.9 Å². The zero-order valence-electron chi connectivity index (χ0n) is 13.3. The van der Waals surface area contributed by atoms with E-state index in [1.165, 1.54) is 39.2 Å². The molecule has 2 N–H and O–H groups in total. The van der Waals surface area contributed by atoms with Crippen molar-refractivity contribution in [3.05, 3.63) is 0 Å². The second-order valence-corrected chi connectivity index (χ2v) is 6.03. The van der Waals surface area contributed by atoms with Crippen LogP contribution in [0.5, 0.6) is 0 Å². The minimum atomic E-state index is -0.993. The minimum absolute atomic E-state index is 0.0718. The molecule has 0 aromatic carbocycles. The topological polar surface area (TPSA) is 75.6 Å². The summed E-state index contributed by atoms with van der Waals surface area (Å²) >= 11 is 0. The Morgan fingerprint density at radius 1 is 1.29 bits per heavy atom. The highest BCUT2D eigenvalue weighted by atomic mass is 16.5. The molecule has 1 rings (SSSR count). The number of rotatable bonds is 9. The number of carboxylic acids is 1. The van der Waals surface area contributed by atoms with Gasteiger partial charge in [-0.15, -0.1) is 0 Å². The molecule has 2 atom stereocenters. The van der Waals surface area contributed by atoms with Crippen molar-refractivity contribution in [2.24, 2.45) is 11.8 Å². The smallest absolute Gasteiger partial charge is 0.326 e. The number of hydrogen-bond acceptors (Lipinski definition) is 3. The van der Waals surface area contributed by atoms with E-state index in [1.807, 2.05) is 6.92 Å². The van der Waals surface area contributed by atoms with Crippen molar-refractivity contribution < 1.29 is 19.4 Å². The van der Waals surface area contributed by atoms with Crippen LogP contribution in [0.15, 0.2) is 0 Å². The Balaban J connectivity index is 2.49. The summed E-state index contributed by atoms with van der Waals surface area (Å²) in [5.41, 5.74) is 0. The molecule has 0 aromatic rings. The number of methoxy groups -OCH3 is 1. The summed E-state index contributed by atoms with van der Waals surface area (Å²) < 4.78 is 4.90. The highest BCUT2D eigenvalue weighted by Gasteiger charge is 2.26. The fourth-order valence-corrected chi connectivity index (χ4v) is 3.07. The molecule has 21 heavy (non-hydrogen) atoms. The van der Waals surface area contributed by atoms with Gasteiger partial charge < -0.3 is 15.2 Å². The first-order valence-electron chi connectivity index (χ1n) is 8.10. The molecule has 0 bridgehead atoms. The Morgan fingerprint density at radius 2 is 1.95 bits per heavy atom. The van der Waals surface area contributed by atoms with E-state index in [1.54, 1.807) is 0 Å². The van der Waals surface area contributed by atoms with Crippen LogP contribution in [0.1, 0.15) is 58.3 Å². The lowest BCUT2D eigenvalue weighted by Gasteiger charge is -2.26. The second kappa shape index (κ2) is 9.77. The third kappa shape index (κ3) is 6.46. The Morgan fingerprint density at radius 3 is 2.48 bits per heavy atom. The molecule has 5 heteroatoms. The van der Waals surface area contributed by atoms with E-state index >= 15 is 0 Å². The average Bonchev–Trinajstić information content (AvgIpc) is 2.49. The van der Waals surface area contributed by atoms with E-state index in [9.17, 15) is 9.59 Å². The van der Waals surface area contributed by atoms with Crippen LogP contribution in [0, 0.1) is 11.8 Å². The van der Waals surface area contributed by atoms with Gasteiger partial charge in [0.2, 0.25) is 5.91 Å². The van der Waals surface area contributed by atoms with Crippen LogP contribution in [-0.4, -0.2) is 36.7 Å². The number of hydrogen-bond donors (Lipinski definition) is 2. The number of carbonyl (C=O) groups is 2. The van der Waals surface area contributed by atoms with Gasteiger partial charge in [-0.3, -0.25) is 4.79 Å². The van der Waals surface area contributed by atoms with Gasteiger partial charge in [-0.1, -0.05) is 39.0 Å². The molecule has 2 unspecified atom stereocenters. The lowest BCUT2D eigenvalue weighted by atomic mass is 9.81. The maximum Gasteiger partial charge on any atom is 0.326 e. The predicted octanol–water partition coefficient (Wildman–Crippen LogP) is 2.59. The summed E-state index contributed by atoms with van der Waals surface area (Å²) in [6, 6.07) is -0.849. The van der Waals surface area contributed by atoms with Crippen LogP contribution in [-0.2, 0) is 14.3 Å². The van der Waals surface area contributed by atoms with Crippen LogP contribution in [0.2, 0.25) is 0 Å². The number of carboxylic acid groups (broad SMARTS) is 1. The van der Waals surface area contributed by atoms with Gasteiger partial charge in [0.1, 0.15) is 6.04 Å². The van der Waals surface area contributed by atoms with Crippen molar-refractivity contribution in [2.75, 3.05) is 13.7 Å². The summed E-state index contributed by atoms with van der Waals surface area (Å²) in [7, 11) is 1.53. The van der Waals surface area contributed by atoms with E-state index in [0.29, 0.717) is 18.9 Å². The molecule has 0 aromatic heterocycles. The molecule has 1 amide bonds. The first kappa shape index (κ1) is 18.0. The quantitative estimate of drug-likeness (QED) is 0.686. The highest BCUT2D eigenvalue weighted by Crippen LogP contribution is 2.30. The summed E-state index contributed by atoms with van der Waals surface area (Å²) in [6.45, 7) is 2.33. The molecular formula is C16H29NO4. The summed E-state index contributed by atoms with van der Waals surface area (Å²) in [5, 5.41) is 11.8. The molecular weight excluding hydrogens is 270 g/mol. The third-order valence-electron chi connectivity index (χ3n) is 4.43. The van der Waals surface area contributed by atoms with Crippen LogP contribution >= 0.6 is 0 Å². The Kier molecular flexibility index (Phi) is 8.35. The van der Waals surface area contributed by atoms with E-state index < -0.39 is 12.0 Å². The Bertz CT molecular complexity index is 326. The molecule has 0 spiro atoms. The maximum atomic E-state index is 12.3. The van der Waals surface area contributed by atoms with Gasteiger partial charge in [-0.2, -0.15) is 0 Å². The number of amides is 1. The SMILES string of the molecule is CCC(CC1CCCCC1)C(=O)NC(CCOC)C(=O)O. The zero-order valence-corrected chi connectivity index (χ0v) is 13.3. The lowest BCUT2D eigenvalue weighted by molar-refractivity contribution is -0.143. The summed E-state index contributed by atoms with van der Waals surface area (Å²) in [5.74, 6) is -0.561. The molecule has 122 valence electrons. The summed E-state index contributed by atoms with van der Waals surface area (Å²) in [6.07, 6.45) is 8.18. The second-order valence-electron chi connectivity index (χ2n) is 6.03. The van der Waals surface area contributed by atoms with Gasteiger partial charge in [-0.05, 0) is 18.8 Å². The number of ether oxygens (including phenoxy) is 1. The van der Waals surface area contributed by atoms with Crippen molar-refractivity contribution in [2.45, 2.75) is 64.3 Å². The molecule has 1 aliphatic carbocycles. The molecule has 1 saturated carbocycles. The molecule has 0 radical (unpaired) electrons. The lowest BCUT2D eigenvalue weighted by Crippen LogP contribution is -2.44. The fourth-order valence-electron chi connectivity index (χ4n) is 3.07. The average molecular weight is 299 g/mol. The Labute approximate surface area is 127 Å². The van der Waals surface area contributed by atoms with E-state index in [2.05, 4.69) is 5.32 Å². The first-order chi connectivity index (χ1) is 10.1. The molecule has 5 nitrogen and oxygen atoms in total. The van der Waals surface area contributed by atoms with Crippen LogP contribution in [0.4, 0.5) is 0 Å². The Hall–Kier alpha value is -1.10. The molecule has 0 aliphatic heterocycles. The highest BCUT2D eigenvalue weighted by molar-refractivity contribution is 5.84. The predicted molar refractivity (Wildman–Crippen MR) is 81.0 cm³/mol. The molecule has 0 saturated heterocycles. The number of carbonyl (C=O) groups excluding carboxylic acids is 1. The number of nitrogens with one attached hydrogen (secondary N) is 1. The zero-order chi connectivity index (χ0) is 15.7. The summed E-state index contributed by atoms with van der Waals surface area (Å²) in [4.78, 5) is 23.5. The molecule has 1 fully saturated rings. The minimum Gasteiger partial charge on any atom is -0.480 e. The van der Waals surface area contributed by atoms with Gasteiger partial charge in [0.15, 0.2) is 0 Å². The number of aliphatic carboxylic acids is 1. The standard InChI is InChI=1S/C16H29NO4/c1-3-13(11-12-7-5-4-6-8-12)15(18)17-14(16(19)20)9-10-21-2/h12-14H,3-11H2,1-2H3,(H,17,18)(H,19,20). The van der Waals surface area contributed by atoms with Crippen LogP contribution in [0.25, 0.3) is 0 Å². The van der Waals surface area contributed by atoms with Crippen molar-refractivity contribution in [3.8, 4) is 0 Å². The van der Waals surface area contributed by atoms with E-state index in [0.717, 1.165) is 12.8 Å². The molecule has 1 aliphatic rings. The fraction of sp³-hybridized carbons (Fsp3) is 0.875.